The van der Waals surface area contributed by atoms with Gasteiger partial charge in [0.25, 0.3) is 0 Å². The fourth-order valence-electron chi connectivity index (χ4n) is 2.44. The minimum absolute atomic E-state index is 0.0762. The lowest BCUT2D eigenvalue weighted by Gasteiger charge is -2.16. The number of ether oxygens (including phenoxy) is 2. The summed E-state index contributed by atoms with van der Waals surface area (Å²) in [6.45, 7) is 0. The van der Waals surface area contributed by atoms with Crippen molar-refractivity contribution in [3.63, 3.8) is 0 Å². The quantitative estimate of drug-likeness (QED) is 0.472. The molecule has 0 unspecified atom stereocenters. The maximum atomic E-state index is 11.9. The molecule has 28 heavy (non-hydrogen) atoms. The molecule has 8 heteroatoms. The topological polar surface area (TPSA) is 145 Å². The maximum Gasteiger partial charge on any atom is 0.343 e. The number of aromatic carboxylic acids is 2. The first kappa shape index (κ1) is 18.6. The van der Waals surface area contributed by atoms with E-state index in [1.807, 2.05) is 0 Å². The van der Waals surface area contributed by atoms with Gasteiger partial charge >= 0.3 is 11.9 Å². The fourth-order valence-corrected chi connectivity index (χ4v) is 2.44. The molecule has 0 aromatic heterocycles. The number of nitrogens with two attached hydrogens (primary N) is 2. The monoisotopic (exact) mass is 380 g/mol. The summed E-state index contributed by atoms with van der Waals surface area (Å²) >= 11 is 0. The number of anilines is 2. The Labute approximate surface area is 159 Å². The molecule has 0 bridgehead atoms. The second-order valence-corrected chi connectivity index (χ2v) is 5.77. The molecule has 0 aliphatic rings. The smallest absolute Gasteiger partial charge is 0.343 e. The summed E-state index contributed by atoms with van der Waals surface area (Å²) in [5.41, 5.74) is 11.5. The van der Waals surface area contributed by atoms with Crippen LogP contribution in [0.4, 0.5) is 11.4 Å². The molecule has 0 heterocycles. The Bertz CT molecular complexity index is 1030. The van der Waals surface area contributed by atoms with Crippen LogP contribution in [0.25, 0.3) is 0 Å². The molecule has 3 aromatic carbocycles. The van der Waals surface area contributed by atoms with Crippen LogP contribution in [0.1, 0.15) is 20.7 Å². The highest BCUT2D eigenvalue weighted by Gasteiger charge is 2.26. The zero-order chi connectivity index (χ0) is 20.3. The molecule has 3 aromatic rings. The van der Waals surface area contributed by atoms with Crippen molar-refractivity contribution in [3.05, 3.63) is 71.8 Å². The lowest BCUT2D eigenvalue weighted by atomic mass is 10.1. The van der Waals surface area contributed by atoms with Gasteiger partial charge in [0.1, 0.15) is 28.4 Å². The van der Waals surface area contributed by atoms with Gasteiger partial charge < -0.3 is 31.2 Å². The van der Waals surface area contributed by atoms with Crippen LogP contribution in [0.2, 0.25) is 0 Å². The summed E-state index contributed by atoms with van der Waals surface area (Å²) in [7, 11) is 0. The van der Waals surface area contributed by atoms with Crippen molar-refractivity contribution in [2.75, 3.05) is 11.5 Å². The van der Waals surface area contributed by atoms with E-state index in [2.05, 4.69) is 0 Å². The van der Waals surface area contributed by atoms with Crippen molar-refractivity contribution in [2.24, 2.45) is 0 Å². The molecule has 0 saturated heterocycles. The van der Waals surface area contributed by atoms with Crippen molar-refractivity contribution < 1.29 is 29.3 Å². The summed E-state index contributed by atoms with van der Waals surface area (Å²) in [6.07, 6.45) is 0. The Balaban J connectivity index is 2.10. The summed E-state index contributed by atoms with van der Waals surface area (Å²) in [6, 6.07) is 14.9. The molecular weight excluding hydrogens is 364 g/mol. The van der Waals surface area contributed by atoms with Gasteiger partial charge in [-0.1, -0.05) is 0 Å². The SMILES string of the molecule is Nc1ccc(Oc2ccc(C(=O)O)c(Oc3ccc(N)cc3)c2C(=O)O)cc1. The van der Waals surface area contributed by atoms with Crippen LogP contribution in [-0.4, -0.2) is 22.2 Å². The minimum Gasteiger partial charge on any atom is -0.478 e. The van der Waals surface area contributed by atoms with Crippen molar-refractivity contribution in [1.82, 2.24) is 0 Å². The van der Waals surface area contributed by atoms with Gasteiger partial charge in [-0.2, -0.15) is 0 Å². The molecule has 142 valence electrons. The number of carboxylic acids is 2. The zero-order valence-corrected chi connectivity index (χ0v) is 14.5. The van der Waals surface area contributed by atoms with Gasteiger partial charge in [-0.05, 0) is 60.7 Å². The summed E-state index contributed by atoms with van der Waals surface area (Å²) in [5, 5.41) is 19.2. The van der Waals surface area contributed by atoms with Gasteiger partial charge in [-0.25, -0.2) is 9.59 Å². The van der Waals surface area contributed by atoms with Crippen LogP contribution in [0.5, 0.6) is 23.0 Å². The molecular formula is C20H16N2O6. The van der Waals surface area contributed by atoms with E-state index in [4.69, 9.17) is 20.9 Å². The Kier molecular flexibility index (Phi) is 5.03. The number of hydrogen-bond donors (Lipinski definition) is 4. The van der Waals surface area contributed by atoms with Crippen molar-refractivity contribution >= 4 is 23.3 Å². The third-order valence-electron chi connectivity index (χ3n) is 3.77. The first-order chi connectivity index (χ1) is 13.3. The van der Waals surface area contributed by atoms with Crippen LogP contribution in [0.3, 0.4) is 0 Å². The average Bonchev–Trinajstić information content (AvgIpc) is 2.65. The zero-order valence-electron chi connectivity index (χ0n) is 14.5. The van der Waals surface area contributed by atoms with E-state index < -0.39 is 17.5 Å². The van der Waals surface area contributed by atoms with Crippen LogP contribution in [0, 0.1) is 0 Å². The summed E-state index contributed by atoms with van der Waals surface area (Å²) in [4.78, 5) is 23.5. The highest BCUT2D eigenvalue weighted by molar-refractivity contribution is 6.01. The van der Waals surface area contributed by atoms with E-state index in [1.165, 1.54) is 24.3 Å². The van der Waals surface area contributed by atoms with Crippen LogP contribution in [0.15, 0.2) is 60.7 Å². The summed E-state index contributed by atoms with van der Waals surface area (Å²) in [5.74, 6) is -2.61. The Hall–Kier alpha value is -4.20. The largest absolute Gasteiger partial charge is 0.478 e. The van der Waals surface area contributed by atoms with Crippen molar-refractivity contribution in [2.45, 2.75) is 0 Å². The number of rotatable bonds is 6. The third kappa shape index (κ3) is 3.96. The molecule has 0 aliphatic heterocycles. The second kappa shape index (κ2) is 7.58. The van der Waals surface area contributed by atoms with E-state index in [0.717, 1.165) is 0 Å². The van der Waals surface area contributed by atoms with Gasteiger partial charge in [0.15, 0.2) is 5.75 Å². The molecule has 0 amide bonds. The molecule has 0 aliphatic carbocycles. The lowest BCUT2D eigenvalue weighted by Crippen LogP contribution is -2.09. The Morgan fingerprint density at radius 3 is 1.64 bits per heavy atom. The van der Waals surface area contributed by atoms with E-state index in [0.29, 0.717) is 17.1 Å². The molecule has 6 N–H and O–H groups in total. The van der Waals surface area contributed by atoms with E-state index >= 15 is 0 Å². The second-order valence-electron chi connectivity index (χ2n) is 5.77. The van der Waals surface area contributed by atoms with Gasteiger partial charge in [0.2, 0.25) is 0 Å². The predicted octanol–water partition coefficient (Wildman–Crippen LogP) is 3.83. The Morgan fingerprint density at radius 2 is 1.18 bits per heavy atom. The van der Waals surface area contributed by atoms with Crippen LogP contribution in [-0.2, 0) is 0 Å². The molecule has 0 saturated carbocycles. The average molecular weight is 380 g/mol. The molecule has 8 nitrogen and oxygen atoms in total. The number of carbonyl (C=O) groups is 2. The first-order valence-electron chi connectivity index (χ1n) is 8.05. The third-order valence-corrected chi connectivity index (χ3v) is 3.77. The van der Waals surface area contributed by atoms with E-state index in [-0.39, 0.29) is 22.8 Å². The van der Waals surface area contributed by atoms with Gasteiger partial charge in [0, 0.05) is 11.4 Å². The normalized spacial score (nSPS) is 10.3. The highest BCUT2D eigenvalue weighted by atomic mass is 16.5. The molecule has 3 rings (SSSR count). The molecule has 0 spiro atoms. The first-order valence-corrected chi connectivity index (χ1v) is 8.05. The molecule has 0 radical (unpaired) electrons. The highest BCUT2D eigenvalue weighted by Crippen LogP contribution is 2.38. The lowest BCUT2D eigenvalue weighted by molar-refractivity contribution is 0.0690. The van der Waals surface area contributed by atoms with Gasteiger partial charge in [0.05, 0.1) is 0 Å². The number of benzene rings is 3. The van der Waals surface area contributed by atoms with Gasteiger partial charge in [-0.15, -0.1) is 0 Å². The van der Waals surface area contributed by atoms with Gasteiger partial charge in [-0.3, -0.25) is 0 Å². The van der Waals surface area contributed by atoms with Crippen LogP contribution < -0.4 is 20.9 Å². The number of carboxylic acid groups (broad SMARTS) is 2. The molecule has 0 atom stereocenters. The van der Waals surface area contributed by atoms with Crippen molar-refractivity contribution in [3.8, 4) is 23.0 Å². The minimum atomic E-state index is -1.40. The number of nitrogen functional groups attached to an aromatic ring is 2. The Morgan fingerprint density at radius 1 is 0.679 bits per heavy atom. The molecule has 0 fully saturated rings. The maximum absolute atomic E-state index is 11.9. The van der Waals surface area contributed by atoms with E-state index in [9.17, 15) is 19.8 Å². The summed E-state index contributed by atoms with van der Waals surface area (Å²) < 4.78 is 11.2. The predicted molar refractivity (Wildman–Crippen MR) is 102 cm³/mol. The standard InChI is InChI=1S/C20H16N2O6/c21-11-1-5-13(6-2-11)27-16-10-9-15(19(23)24)18(17(16)20(25)26)28-14-7-3-12(22)4-8-14/h1-10H,21-22H2,(H,23,24)(H,25,26). The number of hydrogen-bond acceptors (Lipinski definition) is 6. The van der Waals surface area contributed by atoms with E-state index in [1.54, 1.807) is 36.4 Å². The van der Waals surface area contributed by atoms with Crippen molar-refractivity contribution in [1.29, 1.82) is 0 Å². The van der Waals surface area contributed by atoms with Crippen LogP contribution >= 0.6 is 0 Å². The fraction of sp³-hybridized carbons (Fsp3) is 0.